The number of aromatic nitrogens is 1. The van der Waals surface area contributed by atoms with E-state index < -0.39 is 10.1 Å². The number of thiocarbonyl (C=S) groups is 1. The Hall–Kier alpha value is -1.72. The molecule has 0 bridgehead atoms. The molecule has 1 aromatic carbocycles. The monoisotopic (exact) mass is 511 g/mol. The van der Waals surface area contributed by atoms with Crippen molar-refractivity contribution in [2.24, 2.45) is 0 Å². The molecule has 0 fully saturated rings. The van der Waals surface area contributed by atoms with Gasteiger partial charge >= 0.3 is 0 Å². The molecule has 0 spiro atoms. The summed E-state index contributed by atoms with van der Waals surface area (Å²) in [6.07, 6.45) is 6.29. The molecule has 0 radical (unpaired) electrons. The average Bonchev–Trinajstić information content (AvgIpc) is 3.28. The van der Waals surface area contributed by atoms with Crippen LogP contribution in [-0.2, 0) is 21.3 Å². The Bertz CT molecular complexity index is 978. The Morgan fingerprint density at radius 3 is 2.39 bits per heavy atom. The summed E-state index contributed by atoms with van der Waals surface area (Å²) in [5.74, 6) is -0.374. The van der Waals surface area contributed by atoms with E-state index >= 15 is 0 Å². The van der Waals surface area contributed by atoms with Crippen molar-refractivity contribution in [1.82, 2.24) is 9.88 Å². The van der Waals surface area contributed by atoms with Gasteiger partial charge in [-0.2, -0.15) is 0 Å². The Labute approximate surface area is 206 Å². The SMILES string of the molecule is C[N+](C)(CCCNC(=O)C(CCc1ccccc1)SC(=S)n1cccc1)CCCS(=O)(=O)[O-]. The molecular weight excluding hydrogens is 478 g/mol. The highest BCUT2D eigenvalue weighted by Gasteiger charge is 2.22. The first-order chi connectivity index (χ1) is 15.6. The lowest BCUT2D eigenvalue weighted by atomic mass is 10.1. The Morgan fingerprint density at radius 2 is 1.76 bits per heavy atom. The molecule has 1 N–H and O–H groups in total. The van der Waals surface area contributed by atoms with Crippen molar-refractivity contribution in [2.75, 3.05) is 39.5 Å². The number of hydrogen-bond donors (Lipinski definition) is 1. The van der Waals surface area contributed by atoms with Crippen LogP contribution in [0.15, 0.2) is 54.9 Å². The topological polar surface area (TPSA) is 91.2 Å². The summed E-state index contributed by atoms with van der Waals surface area (Å²) < 4.78 is 35.4. The fourth-order valence-corrected chi connectivity index (χ4v) is 5.30. The number of carbonyl (C=O) groups excluding carboxylic acids is 1. The maximum atomic E-state index is 13.0. The zero-order valence-electron chi connectivity index (χ0n) is 19.2. The molecule has 10 heteroatoms. The van der Waals surface area contributed by atoms with Gasteiger partial charge in [0.1, 0.15) is 4.32 Å². The van der Waals surface area contributed by atoms with Crippen LogP contribution in [-0.4, -0.2) is 77.0 Å². The largest absolute Gasteiger partial charge is 0.748 e. The van der Waals surface area contributed by atoms with Gasteiger partial charge in [-0.25, -0.2) is 8.42 Å². The number of hydrogen-bond acceptors (Lipinski definition) is 6. The van der Waals surface area contributed by atoms with Gasteiger partial charge in [-0.05, 0) is 30.5 Å². The minimum absolute atomic E-state index is 0.0341. The predicted molar refractivity (Wildman–Crippen MR) is 137 cm³/mol. The van der Waals surface area contributed by atoms with Crippen LogP contribution in [0.1, 0.15) is 24.8 Å². The van der Waals surface area contributed by atoms with E-state index in [1.54, 1.807) is 0 Å². The van der Waals surface area contributed by atoms with Crippen LogP contribution in [0, 0.1) is 0 Å². The third kappa shape index (κ3) is 11.3. The number of thioether (sulfide) groups is 1. The van der Waals surface area contributed by atoms with E-state index in [0.29, 0.717) is 34.7 Å². The zero-order chi connectivity index (χ0) is 24.3. The van der Waals surface area contributed by atoms with E-state index in [1.807, 2.05) is 61.4 Å². The number of nitrogens with zero attached hydrogens (tertiary/aromatic N) is 2. The fourth-order valence-electron chi connectivity index (χ4n) is 3.44. The molecule has 0 aliphatic heterocycles. The van der Waals surface area contributed by atoms with E-state index in [4.69, 9.17) is 12.2 Å². The third-order valence-electron chi connectivity index (χ3n) is 5.29. The van der Waals surface area contributed by atoms with Crippen LogP contribution >= 0.6 is 24.0 Å². The molecule has 182 valence electrons. The molecule has 0 saturated carbocycles. The van der Waals surface area contributed by atoms with Crippen LogP contribution < -0.4 is 5.32 Å². The summed E-state index contributed by atoms with van der Waals surface area (Å²) in [6.45, 7) is 1.89. The van der Waals surface area contributed by atoms with Crippen molar-refractivity contribution >= 4 is 44.3 Å². The van der Waals surface area contributed by atoms with Crippen LogP contribution in [0.25, 0.3) is 0 Å². The molecule has 33 heavy (non-hydrogen) atoms. The number of carbonyl (C=O) groups is 1. The maximum absolute atomic E-state index is 13.0. The lowest BCUT2D eigenvalue weighted by molar-refractivity contribution is -0.890. The van der Waals surface area contributed by atoms with Crippen molar-refractivity contribution in [3.05, 3.63) is 60.4 Å². The number of aryl methyl sites for hydroxylation is 1. The quantitative estimate of drug-likeness (QED) is 0.192. The molecule has 0 saturated heterocycles. The number of rotatable bonds is 13. The second-order valence-electron chi connectivity index (χ2n) is 8.63. The maximum Gasteiger partial charge on any atom is 0.233 e. The highest BCUT2D eigenvalue weighted by molar-refractivity contribution is 8.23. The molecule has 1 amide bonds. The van der Waals surface area contributed by atoms with E-state index in [2.05, 4.69) is 17.4 Å². The lowest BCUT2D eigenvalue weighted by Crippen LogP contribution is -2.43. The van der Waals surface area contributed by atoms with Gasteiger partial charge < -0.3 is 18.9 Å². The molecule has 1 heterocycles. The van der Waals surface area contributed by atoms with E-state index in [0.717, 1.165) is 19.4 Å². The third-order valence-corrected chi connectivity index (χ3v) is 7.72. The molecule has 2 aromatic rings. The molecule has 1 unspecified atom stereocenters. The van der Waals surface area contributed by atoms with E-state index in [-0.39, 0.29) is 16.9 Å². The molecular formula is C23H33N3O4S3. The molecule has 1 atom stereocenters. The van der Waals surface area contributed by atoms with Crippen LogP contribution in [0.2, 0.25) is 0 Å². The van der Waals surface area contributed by atoms with Gasteiger partial charge in [-0.15, -0.1) is 0 Å². The van der Waals surface area contributed by atoms with E-state index in [9.17, 15) is 17.8 Å². The second kappa shape index (κ2) is 13.2. The minimum atomic E-state index is -4.18. The summed E-state index contributed by atoms with van der Waals surface area (Å²) in [4.78, 5) is 13.0. The summed E-state index contributed by atoms with van der Waals surface area (Å²) >= 11 is 6.93. The van der Waals surface area contributed by atoms with Gasteiger partial charge in [-0.3, -0.25) is 4.79 Å². The molecule has 2 rings (SSSR count). The Kier molecular flexibility index (Phi) is 11.0. The highest BCUT2D eigenvalue weighted by atomic mass is 32.2. The van der Waals surface area contributed by atoms with Crippen LogP contribution in [0.5, 0.6) is 0 Å². The van der Waals surface area contributed by atoms with Crippen molar-refractivity contribution < 1.29 is 22.2 Å². The number of benzene rings is 1. The average molecular weight is 512 g/mol. The molecule has 7 nitrogen and oxygen atoms in total. The van der Waals surface area contributed by atoms with Gasteiger partial charge in [0.2, 0.25) is 5.91 Å². The minimum Gasteiger partial charge on any atom is -0.748 e. The number of nitrogens with one attached hydrogen (secondary N) is 1. The first-order valence-electron chi connectivity index (χ1n) is 11.0. The number of amides is 1. The van der Waals surface area contributed by atoms with Crippen LogP contribution in [0.4, 0.5) is 0 Å². The molecule has 0 aliphatic carbocycles. The smallest absolute Gasteiger partial charge is 0.233 e. The van der Waals surface area contributed by atoms with Gasteiger partial charge in [0.15, 0.2) is 0 Å². The van der Waals surface area contributed by atoms with Crippen molar-refractivity contribution in [2.45, 2.75) is 30.9 Å². The first kappa shape index (κ1) is 27.5. The Morgan fingerprint density at radius 1 is 1.12 bits per heavy atom. The first-order valence-corrected chi connectivity index (χ1v) is 13.8. The van der Waals surface area contributed by atoms with Gasteiger partial charge in [-0.1, -0.05) is 54.3 Å². The highest BCUT2D eigenvalue weighted by Crippen LogP contribution is 2.21. The normalized spacial score (nSPS) is 12.9. The summed E-state index contributed by atoms with van der Waals surface area (Å²) in [5, 5.41) is 2.74. The predicted octanol–water partition coefficient (Wildman–Crippen LogP) is 2.87. The van der Waals surface area contributed by atoms with Crippen LogP contribution in [0.3, 0.4) is 0 Å². The Balaban J connectivity index is 1.85. The lowest BCUT2D eigenvalue weighted by Gasteiger charge is -2.30. The molecule has 1 aromatic heterocycles. The zero-order valence-corrected chi connectivity index (χ0v) is 21.6. The molecule has 0 aliphatic rings. The summed E-state index contributed by atoms with van der Waals surface area (Å²) in [6, 6.07) is 13.9. The van der Waals surface area contributed by atoms with Crippen molar-refractivity contribution in [1.29, 1.82) is 0 Å². The van der Waals surface area contributed by atoms with E-state index in [1.165, 1.54) is 17.3 Å². The van der Waals surface area contributed by atoms with Gasteiger partial charge in [0.25, 0.3) is 0 Å². The van der Waals surface area contributed by atoms with Crippen molar-refractivity contribution in [3.8, 4) is 0 Å². The second-order valence-corrected chi connectivity index (χ2v) is 12.0. The summed E-state index contributed by atoms with van der Waals surface area (Å²) in [5.41, 5.74) is 1.18. The van der Waals surface area contributed by atoms with Gasteiger partial charge in [0, 0.05) is 37.5 Å². The fraction of sp³-hybridized carbons (Fsp3) is 0.478. The van der Waals surface area contributed by atoms with Crippen molar-refractivity contribution in [3.63, 3.8) is 0 Å². The standard InChI is InChI=1S/C23H33N3O4S3/c1-26(2,18-9-19-33(28,29)30)17-8-14-24-22(27)21(13-12-20-10-4-3-5-11-20)32-23(31)25-15-6-7-16-25/h3-7,10-11,15-16,21H,8-9,12-14,17-19H2,1-2H3,(H-,24,27,28,29,30). The number of quaternary nitrogens is 1. The van der Waals surface area contributed by atoms with Gasteiger partial charge in [0.05, 0.1) is 42.6 Å². The summed E-state index contributed by atoms with van der Waals surface area (Å²) in [7, 11) is -0.189.